The first kappa shape index (κ1) is 22.8. The number of esters is 1. The lowest BCUT2D eigenvalue weighted by Gasteiger charge is -2.13. The summed E-state index contributed by atoms with van der Waals surface area (Å²) in [6, 6.07) is 9.62. The van der Waals surface area contributed by atoms with Gasteiger partial charge in [0.25, 0.3) is 5.91 Å². The molecule has 0 saturated carbocycles. The molecule has 2 rings (SSSR count). The maximum Gasteiger partial charge on any atom is 0.308 e. The molecule has 0 unspecified atom stereocenters. The summed E-state index contributed by atoms with van der Waals surface area (Å²) < 4.78 is 11.1. The average Bonchev–Trinajstić information content (AvgIpc) is 2.65. The number of benzene rings is 2. The molecule has 6 nitrogen and oxygen atoms in total. The van der Waals surface area contributed by atoms with Crippen molar-refractivity contribution in [2.45, 2.75) is 13.8 Å². The number of halogens is 3. The van der Waals surface area contributed by atoms with Crippen LogP contribution in [-0.4, -0.2) is 18.5 Å². The van der Waals surface area contributed by atoms with Gasteiger partial charge in [-0.15, -0.1) is 0 Å². The highest BCUT2D eigenvalue weighted by atomic mass is 79.9. The van der Waals surface area contributed by atoms with Gasteiger partial charge in [-0.1, -0.05) is 23.2 Å². The van der Waals surface area contributed by atoms with E-state index < -0.39 is 11.9 Å². The van der Waals surface area contributed by atoms with Crippen LogP contribution >= 0.6 is 39.1 Å². The van der Waals surface area contributed by atoms with Crippen LogP contribution in [0.25, 0.3) is 6.08 Å². The first-order valence-electron chi connectivity index (χ1n) is 8.28. The molecule has 29 heavy (non-hydrogen) atoms. The van der Waals surface area contributed by atoms with Crippen LogP contribution < -0.4 is 14.8 Å². The molecule has 0 saturated heterocycles. The zero-order valence-corrected chi connectivity index (χ0v) is 18.5. The molecule has 0 spiro atoms. The fraction of sp³-hybridized carbons (Fsp3) is 0.150. The van der Waals surface area contributed by atoms with E-state index in [1.54, 1.807) is 25.1 Å². The summed E-state index contributed by atoms with van der Waals surface area (Å²) in [5.41, 5.74) is 0.745. The van der Waals surface area contributed by atoms with Crippen LogP contribution in [0.2, 0.25) is 10.0 Å². The highest BCUT2D eigenvalue weighted by Gasteiger charge is 2.16. The minimum Gasteiger partial charge on any atom is -0.490 e. The summed E-state index contributed by atoms with van der Waals surface area (Å²) in [6.45, 7) is 3.38. The number of carbonyl (C=O) groups is 2. The molecule has 0 heterocycles. The summed E-state index contributed by atoms with van der Waals surface area (Å²) >= 11 is 15.1. The van der Waals surface area contributed by atoms with Gasteiger partial charge in [-0.2, -0.15) is 5.26 Å². The number of anilines is 1. The van der Waals surface area contributed by atoms with Crippen molar-refractivity contribution in [3.63, 3.8) is 0 Å². The van der Waals surface area contributed by atoms with Gasteiger partial charge >= 0.3 is 5.97 Å². The molecule has 9 heteroatoms. The van der Waals surface area contributed by atoms with Crippen molar-refractivity contribution in [2.75, 3.05) is 11.9 Å². The van der Waals surface area contributed by atoms with Crippen molar-refractivity contribution in [3.8, 4) is 17.6 Å². The van der Waals surface area contributed by atoms with Crippen molar-refractivity contribution in [3.05, 3.63) is 56.0 Å². The van der Waals surface area contributed by atoms with Gasteiger partial charge in [-0.05, 0) is 64.8 Å². The first-order valence-corrected chi connectivity index (χ1v) is 9.83. The van der Waals surface area contributed by atoms with E-state index in [0.717, 1.165) is 0 Å². The SMILES string of the molecule is CCOc1cc(/C=C(/C#N)C(=O)Nc2ccc(Cl)c(Cl)c2)cc(Br)c1OC(C)=O. The molecular formula is C20H15BrCl2N2O4. The van der Waals surface area contributed by atoms with Crippen LogP contribution in [0.4, 0.5) is 5.69 Å². The number of carbonyl (C=O) groups excluding carboxylic acids is 2. The Balaban J connectivity index is 2.36. The Morgan fingerprint density at radius 1 is 1.24 bits per heavy atom. The molecule has 1 N–H and O–H groups in total. The third kappa shape index (κ3) is 6.23. The summed E-state index contributed by atoms with van der Waals surface area (Å²) in [5.74, 6) is -0.613. The van der Waals surface area contributed by atoms with E-state index in [1.807, 2.05) is 6.07 Å². The number of rotatable bonds is 6. The van der Waals surface area contributed by atoms with Crippen molar-refractivity contribution in [1.82, 2.24) is 0 Å². The molecule has 2 aromatic rings. The number of hydrogen-bond acceptors (Lipinski definition) is 5. The molecule has 0 radical (unpaired) electrons. The first-order chi connectivity index (χ1) is 13.7. The summed E-state index contributed by atoms with van der Waals surface area (Å²) in [7, 11) is 0. The van der Waals surface area contributed by atoms with Gasteiger partial charge in [0.05, 0.1) is 21.1 Å². The number of amides is 1. The Labute approximate surface area is 186 Å². The quantitative estimate of drug-likeness (QED) is 0.242. The molecule has 2 aromatic carbocycles. The molecule has 0 fully saturated rings. The molecule has 0 aromatic heterocycles. The van der Waals surface area contributed by atoms with Crippen LogP contribution in [0.5, 0.6) is 11.5 Å². The van der Waals surface area contributed by atoms with Crippen LogP contribution in [0.3, 0.4) is 0 Å². The highest BCUT2D eigenvalue weighted by Crippen LogP contribution is 2.37. The summed E-state index contributed by atoms with van der Waals surface area (Å²) in [5, 5.41) is 12.6. The van der Waals surface area contributed by atoms with E-state index in [-0.39, 0.29) is 16.3 Å². The normalized spacial score (nSPS) is 10.8. The minimum absolute atomic E-state index is 0.148. The topological polar surface area (TPSA) is 88.4 Å². The van der Waals surface area contributed by atoms with E-state index >= 15 is 0 Å². The Morgan fingerprint density at radius 2 is 1.97 bits per heavy atom. The molecule has 0 atom stereocenters. The number of ether oxygens (including phenoxy) is 2. The van der Waals surface area contributed by atoms with Gasteiger partial charge in [0, 0.05) is 12.6 Å². The van der Waals surface area contributed by atoms with E-state index in [2.05, 4.69) is 21.2 Å². The third-order valence-corrected chi connectivity index (χ3v) is 4.76. The lowest BCUT2D eigenvalue weighted by Crippen LogP contribution is -2.13. The maximum absolute atomic E-state index is 12.5. The number of nitrogens with one attached hydrogen (secondary N) is 1. The number of hydrogen-bond donors (Lipinski definition) is 1. The van der Waals surface area contributed by atoms with Crippen LogP contribution in [0, 0.1) is 11.3 Å². The van der Waals surface area contributed by atoms with Gasteiger partial charge < -0.3 is 14.8 Å². The summed E-state index contributed by atoms with van der Waals surface area (Å²) in [4.78, 5) is 23.8. The predicted molar refractivity (Wildman–Crippen MR) is 115 cm³/mol. The Bertz CT molecular complexity index is 1030. The molecule has 0 aliphatic carbocycles. The third-order valence-electron chi connectivity index (χ3n) is 3.43. The fourth-order valence-electron chi connectivity index (χ4n) is 2.26. The van der Waals surface area contributed by atoms with Crippen LogP contribution in [0.15, 0.2) is 40.4 Å². The largest absolute Gasteiger partial charge is 0.490 e. The molecule has 1 amide bonds. The predicted octanol–water partition coefficient (Wildman–Crippen LogP) is 5.63. The maximum atomic E-state index is 12.5. The lowest BCUT2D eigenvalue weighted by atomic mass is 10.1. The standard InChI is InChI=1S/C20H15BrCl2N2O4/c1-3-28-18-8-12(7-15(21)19(18)29-11(2)26)6-13(10-24)20(27)25-14-4-5-16(22)17(23)9-14/h4-9H,3H2,1-2H3,(H,25,27)/b13-6-. The van der Waals surface area contributed by atoms with E-state index in [0.29, 0.717) is 33.1 Å². The van der Waals surface area contributed by atoms with Crippen molar-refractivity contribution in [1.29, 1.82) is 5.26 Å². The highest BCUT2D eigenvalue weighted by molar-refractivity contribution is 9.10. The van der Waals surface area contributed by atoms with Gasteiger partial charge in [0.1, 0.15) is 11.6 Å². The second-order valence-electron chi connectivity index (χ2n) is 5.61. The smallest absolute Gasteiger partial charge is 0.308 e. The van der Waals surface area contributed by atoms with Crippen molar-refractivity contribution in [2.24, 2.45) is 0 Å². The molecule has 0 aliphatic heterocycles. The molecule has 0 bridgehead atoms. The monoisotopic (exact) mass is 496 g/mol. The number of nitrogens with zero attached hydrogens (tertiary/aromatic N) is 1. The average molecular weight is 498 g/mol. The van der Waals surface area contributed by atoms with Crippen molar-refractivity contribution >= 4 is 62.8 Å². The van der Waals surface area contributed by atoms with E-state index in [4.69, 9.17) is 32.7 Å². The molecule has 150 valence electrons. The second kappa shape index (κ2) is 10.3. The van der Waals surface area contributed by atoms with Gasteiger partial charge in [0.15, 0.2) is 11.5 Å². The summed E-state index contributed by atoms with van der Waals surface area (Å²) in [6.07, 6.45) is 1.39. The van der Waals surface area contributed by atoms with Gasteiger partial charge in [-0.3, -0.25) is 9.59 Å². The molecule has 0 aliphatic rings. The second-order valence-corrected chi connectivity index (χ2v) is 7.28. The van der Waals surface area contributed by atoms with Crippen LogP contribution in [0.1, 0.15) is 19.4 Å². The van der Waals surface area contributed by atoms with Crippen LogP contribution in [-0.2, 0) is 9.59 Å². The molecular weight excluding hydrogens is 483 g/mol. The van der Waals surface area contributed by atoms with E-state index in [9.17, 15) is 14.9 Å². The zero-order chi connectivity index (χ0) is 21.6. The van der Waals surface area contributed by atoms with E-state index in [1.165, 1.54) is 25.1 Å². The lowest BCUT2D eigenvalue weighted by molar-refractivity contribution is -0.132. The number of nitriles is 1. The Kier molecular flexibility index (Phi) is 8.09. The van der Waals surface area contributed by atoms with Gasteiger partial charge in [-0.25, -0.2) is 0 Å². The Morgan fingerprint density at radius 3 is 2.55 bits per heavy atom. The fourth-order valence-corrected chi connectivity index (χ4v) is 3.10. The van der Waals surface area contributed by atoms with Crippen molar-refractivity contribution < 1.29 is 19.1 Å². The zero-order valence-electron chi connectivity index (χ0n) is 15.4. The van der Waals surface area contributed by atoms with Gasteiger partial charge in [0.2, 0.25) is 0 Å². The Hall–Kier alpha value is -2.53. The minimum atomic E-state index is -0.621.